The first kappa shape index (κ1) is 19.4. The van der Waals surface area contributed by atoms with Gasteiger partial charge in [-0.2, -0.15) is 5.10 Å². The van der Waals surface area contributed by atoms with E-state index in [1.807, 2.05) is 6.92 Å². The molecular formula is C17H23ClFN5O. The van der Waals surface area contributed by atoms with Crippen LogP contribution in [0.25, 0.3) is 5.69 Å². The number of nitrogens with one attached hydrogen (secondary N) is 2. The zero-order chi connectivity index (χ0) is 17.1. The Bertz CT molecular complexity index is 736. The molecule has 25 heavy (non-hydrogen) atoms. The summed E-state index contributed by atoms with van der Waals surface area (Å²) >= 11 is 0. The highest BCUT2D eigenvalue weighted by atomic mass is 35.5. The highest BCUT2D eigenvalue weighted by Crippen LogP contribution is 2.19. The molecule has 2 heterocycles. The topological polar surface area (TPSA) is 62.2 Å². The number of aryl methyl sites for hydroxylation is 1. The number of anilines is 1. The van der Waals surface area contributed by atoms with Crippen molar-refractivity contribution in [3.05, 3.63) is 41.8 Å². The van der Waals surface area contributed by atoms with Gasteiger partial charge in [0.15, 0.2) is 0 Å². The average molecular weight is 368 g/mol. The van der Waals surface area contributed by atoms with Crippen molar-refractivity contribution in [1.29, 1.82) is 0 Å². The fraction of sp³-hybridized carbons (Fsp3) is 0.412. The van der Waals surface area contributed by atoms with E-state index in [1.165, 1.54) is 10.7 Å². The van der Waals surface area contributed by atoms with E-state index in [0.717, 1.165) is 19.6 Å². The highest BCUT2D eigenvalue weighted by Gasteiger charge is 2.21. The van der Waals surface area contributed by atoms with Crippen molar-refractivity contribution in [3.8, 4) is 5.69 Å². The number of hydrogen-bond acceptors (Lipinski definition) is 4. The number of rotatable bonds is 4. The lowest BCUT2D eigenvalue weighted by molar-refractivity contribution is -0.118. The standard InChI is InChI=1S/C17H22FN5O.ClH/c1-12-9-16(23(21-12)15-6-4-3-5-14(15)18)20-17(24)11-22-8-7-19-10-13(22)2;/h3-6,9,13,19H,7-8,10-11H2,1-2H3,(H,20,24);1H/t13-;/m1./s1. The summed E-state index contributed by atoms with van der Waals surface area (Å²) in [4.78, 5) is 14.5. The first-order valence-electron chi connectivity index (χ1n) is 8.11. The highest BCUT2D eigenvalue weighted by molar-refractivity contribution is 5.91. The summed E-state index contributed by atoms with van der Waals surface area (Å²) in [7, 11) is 0. The molecule has 1 saturated heterocycles. The predicted molar refractivity (Wildman–Crippen MR) is 98.0 cm³/mol. The number of hydrogen-bond donors (Lipinski definition) is 2. The molecule has 0 radical (unpaired) electrons. The van der Waals surface area contributed by atoms with Gasteiger partial charge in [0.25, 0.3) is 0 Å². The smallest absolute Gasteiger partial charge is 0.239 e. The van der Waals surface area contributed by atoms with Gasteiger partial charge >= 0.3 is 0 Å². The van der Waals surface area contributed by atoms with Gasteiger partial charge in [-0.3, -0.25) is 9.69 Å². The maximum Gasteiger partial charge on any atom is 0.239 e. The quantitative estimate of drug-likeness (QED) is 0.867. The summed E-state index contributed by atoms with van der Waals surface area (Å²) in [5, 5.41) is 10.5. The summed E-state index contributed by atoms with van der Waals surface area (Å²) in [6.45, 7) is 6.80. The van der Waals surface area contributed by atoms with Gasteiger partial charge in [0, 0.05) is 31.7 Å². The van der Waals surface area contributed by atoms with Gasteiger partial charge in [-0.15, -0.1) is 12.4 Å². The third-order valence-electron chi connectivity index (χ3n) is 4.17. The predicted octanol–water partition coefficient (Wildman–Crippen LogP) is 1.97. The Balaban J connectivity index is 0.00000225. The minimum Gasteiger partial charge on any atom is -0.314 e. The molecule has 8 heteroatoms. The van der Waals surface area contributed by atoms with Crippen molar-refractivity contribution in [2.75, 3.05) is 31.5 Å². The number of aromatic nitrogens is 2. The molecule has 0 unspecified atom stereocenters. The Kier molecular flexibility index (Phi) is 6.52. The molecule has 1 fully saturated rings. The van der Waals surface area contributed by atoms with Gasteiger partial charge in [-0.05, 0) is 26.0 Å². The van der Waals surface area contributed by atoms with Crippen molar-refractivity contribution < 1.29 is 9.18 Å². The Morgan fingerprint density at radius 1 is 1.44 bits per heavy atom. The second-order valence-corrected chi connectivity index (χ2v) is 6.11. The first-order valence-corrected chi connectivity index (χ1v) is 8.11. The van der Waals surface area contributed by atoms with Crippen molar-refractivity contribution in [3.63, 3.8) is 0 Å². The fourth-order valence-electron chi connectivity index (χ4n) is 2.88. The Morgan fingerprint density at radius 3 is 2.92 bits per heavy atom. The van der Waals surface area contributed by atoms with Crippen LogP contribution in [0.1, 0.15) is 12.6 Å². The molecule has 1 aromatic carbocycles. The largest absolute Gasteiger partial charge is 0.314 e. The van der Waals surface area contributed by atoms with E-state index in [9.17, 15) is 9.18 Å². The summed E-state index contributed by atoms with van der Waals surface area (Å²) in [6.07, 6.45) is 0. The van der Waals surface area contributed by atoms with E-state index >= 15 is 0 Å². The van der Waals surface area contributed by atoms with Crippen molar-refractivity contribution in [2.24, 2.45) is 0 Å². The van der Waals surface area contributed by atoms with E-state index < -0.39 is 0 Å². The van der Waals surface area contributed by atoms with Gasteiger partial charge in [0.1, 0.15) is 17.3 Å². The first-order chi connectivity index (χ1) is 11.5. The number of halogens is 2. The van der Waals surface area contributed by atoms with Gasteiger partial charge in [-0.1, -0.05) is 12.1 Å². The second kappa shape index (κ2) is 8.42. The lowest BCUT2D eigenvalue weighted by Crippen LogP contribution is -2.52. The van der Waals surface area contributed by atoms with Crippen LogP contribution in [-0.4, -0.2) is 52.8 Å². The molecule has 0 aliphatic carbocycles. The molecule has 1 atom stereocenters. The number of carbonyl (C=O) groups excluding carboxylic acids is 1. The molecule has 3 rings (SSSR count). The van der Waals surface area contributed by atoms with E-state index in [2.05, 4.69) is 27.6 Å². The lowest BCUT2D eigenvalue weighted by Gasteiger charge is -2.33. The molecule has 1 amide bonds. The number of carbonyl (C=O) groups is 1. The van der Waals surface area contributed by atoms with Crippen LogP contribution < -0.4 is 10.6 Å². The number of benzene rings is 1. The van der Waals surface area contributed by atoms with Crippen LogP contribution in [0.5, 0.6) is 0 Å². The maximum absolute atomic E-state index is 14.0. The molecule has 0 bridgehead atoms. The molecule has 2 N–H and O–H groups in total. The van der Waals surface area contributed by atoms with E-state index in [0.29, 0.717) is 29.8 Å². The number of nitrogens with zero attached hydrogens (tertiary/aromatic N) is 3. The van der Waals surface area contributed by atoms with E-state index in [1.54, 1.807) is 24.3 Å². The van der Waals surface area contributed by atoms with E-state index in [4.69, 9.17) is 0 Å². The molecule has 2 aromatic rings. The Morgan fingerprint density at radius 2 is 2.20 bits per heavy atom. The summed E-state index contributed by atoms with van der Waals surface area (Å²) in [6, 6.07) is 8.42. The van der Waals surface area contributed by atoms with Crippen molar-refractivity contribution >= 4 is 24.1 Å². The van der Waals surface area contributed by atoms with Crippen LogP contribution in [0.15, 0.2) is 30.3 Å². The van der Waals surface area contributed by atoms with Crippen LogP contribution in [0.2, 0.25) is 0 Å². The SMILES string of the molecule is Cc1cc(NC(=O)CN2CCNC[C@H]2C)n(-c2ccccc2F)n1.Cl. The summed E-state index contributed by atoms with van der Waals surface area (Å²) in [5.41, 5.74) is 1.03. The molecule has 0 spiro atoms. The molecule has 6 nitrogen and oxygen atoms in total. The summed E-state index contributed by atoms with van der Waals surface area (Å²) in [5.74, 6) is -0.0292. The van der Waals surface area contributed by atoms with Crippen LogP contribution in [0, 0.1) is 12.7 Å². The third-order valence-corrected chi connectivity index (χ3v) is 4.17. The lowest BCUT2D eigenvalue weighted by atomic mass is 10.2. The molecular weight excluding hydrogens is 345 g/mol. The fourth-order valence-corrected chi connectivity index (χ4v) is 2.88. The molecule has 1 aromatic heterocycles. The number of piperazine rings is 1. The minimum absolute atomic E-state index is 0. The van der Waals surface area contributed by atoms with Crippen molar-refractivity contribution in [1.82, 2.24) is 20.0 Å². The maximum atomic E-state index is 14.0. The van der Waals surface area contributed by atoms with Gasteiger partial charge in [-0.25, -0.2) is 9.07 Å². The summed E-state index contributed by atoms with van der Waals surface area (Å²) < 4.78 is 15.5. The zero-order valence-electron chi connectivity index (χ0n) is 14.3. The van der Waals surface area contributed by atoms with Crippen LogP contribution in [0.3, 0.4) is 0 Å². The third kappa shape index (κ3) is 4.56. The van der Waals surface area contributed by atoms with Gasteiger partial charge in [0.05, 0.1) is 12.2 Å². The Labute approximate surface area is 152 Å². The van der Waals surface area contributed by atoms with Crippen LogP contribution >= 0.6 is 12.4 Å². The van der Waals surface area contributed by atoms with Crippen LogP contribution in [0.4, 0.5) is 10.2 Å². The van der Waals surface area contributed by atoms with Gasteiger partial charge in [0.2, 0.25) is 5.91 Å². The number of para-hydroxylation sites is 1. The van der Waals surface area contributed by atoms with Crippen molar-refractivity contribution in [2.45, 2.75) is 19.9 Å². The zero-order valence-corrected chi connectivity index (χ0v) is 15.1. The monoisotopic (exact) mass is 367 g/mol. The molecule has 0 saturated carbocycles. The average Bonchev–Trinajstić information content (AvgIpc) is 2.90. The molecule has 1 aliphatic rings. The van der Waals surface area contributed by atoms with Crippen LogP contribution in [-0.2, 0) is 4.79 Å². The van der Waals surface area contributed by atoms with Gasteiger partial charge < -0.3 is 10.6 Å². The normalized spacial score (nSPS) is 17.8. The molecule has 136 valence electrons. The number of amides is 1. The Hall–Kier alpha value is -1.96. The molecule has 1 aliphatic heterocycles. The van der Waals surface area contributed by atoms with E-state index in [-0.39, 0.29) is 24.1 Å². The second-order valence-electron chi connectivity index (χ2n) is 6.11. The minimum atomic E-state index is -0.383.